The molecule has 1 N–H and O–H groups in total. The average molecular weight is 363 g/mol. The molecule has 2 aliphatic rings. The van der Waals surface area contributed by atoms with E-state index in [-0.39, 0.29) is 11.4 Å². The van der Waals surface area contributed by atoms with Crippen molar-refractivity contribution in [1.29, 1.82) is 0 Å². The molecule has 0 aromatic heterocycles. The Hall–Kier alpha value is -1.04. The highest BCUT2D eigenvalue weighted by atomic mass is 32.2. The van der Waals surface area contributed by atoms with E-state index in [4.69, 9.17) is 4.74 Å². The van der Waals surface area contributed by atoms with Gasteiger partial charge in [-0.05, 0) is 36.8 Å². The molecule has 1 aliphatic carbocycles. The Labute approximate surface area is 155 Å². The minimum Gasteiger partial charge on any atom is -0.379 e. The summed E-state index contributed by atoms with van der Waals surface area (Å²) in [6.07, 6.45) is 8.28. The van der Waals surface area contributed by atoms with E-state index in [1.807, 2.05) is 18.2 Å². The number of hydrogen-bond donors (Lipinski definition) is 1. The number of carbonyl (C=O) groups is 1. The first-order valence-electron chi connectivity index (χ1n) is 9.42. The average Bonchev–Trinajstić information content (AvgIpc) is 2.68. The quantitative estimate of drug-likeness (QED) is 0.843. The van der Waals surface area contributed by atoms with Gasteiger partial charge in [0.1, 0.15) is 0 Å². The molecule has 0 spiro atoms. The molecule has 0 bridgehead atoms. The van der Waals surface area contributed by atoms with Crippen LogP contribution in [0.1, 0.15) is 48.0 Å². The molecule has 0 unspecified atom stereocenters. The summed E-state index contributed by atoms with van der Waals surface area (Å²) in [4.78, 5) is 15.3. The van der Waals surface area contributed by atoms with Crippen molar-refractivity contribution >= 4 is 17.7 Å². The van der Waals surface area contributed by atoms with Crippen LogP contribution in [0.15, 0.2) is 24.3 Å². The summed E-state index contributed by atoms with van der Waals surface area (Å²) in [6, 6.07) is 8.01. The van der Waals surface area contributed by atoms with Crippen molar-refractivity contribution in [2.24, 2.45) is 0 Å². The van der Waals surface area contributed by atoms with Crippen molar-refractivity contribution in [2.45, 2.75) is 43.4 Å². The van der Waals surface area contributed by atoms with Gasteiger partial charge in [-0.15, -0.1) is 0 Å². The molecular weight excluding hydrogens is 332 g/mol. The second kappa shape index (κ2) is 9.06. The van der Waals surface area contributed by atoms with Gasteiger partial charge in [0.25, 0.3) is 5.91 Å². The van der Waals surface area contributed by atoms with Crippen LogP contribution in [0.4, 0.5) is 0 Å². The largest absolute Gasteiger partial charge is 0.379 e. The van der Waals surface area contributed by atoms with Gasteiger partial charge in [-0.25, -0.2) is 0 Å². The smallest absolute Gasteiger partial charge is 0.251 e. The Bertz CT molecular complexity index is 567. The fourth-order valence-corrected chi connectivity index (χ4v) is 4.68. The van der Waals surface area contributed by atoms with Crippen molar-refractivity contribution in [3.63, 3.8) is 0 Å². The molecule has 1 amide bonds. The van der Waals surface area contributed by atoms with E-state index in [9.17, 15) is 4.79 Å². The molecule has 4 nitrogen and oxygen atoms in total. The third-order valence-corrected chi connectivity index (χ3v) is 6.17. The van der Waals surface area contributed by atoms with Gasteiger partial charge in [0, 0.05) is 36.5 Å². The molecule has 1 heterocycles. The highest BCUT2D eigenvalue weighted by molar-refractivity contribution is 7.97. The molecule has 1 saturated heterocycles. The fraction of sp³-hybridized carbons (Fsp3) is 0.650. The Morgan fingerprint density at radius 1 is 1.24 bits per heavy atom. The van der Waals surface area contributed by atoms with Gasteiger partial charge in [-0.1, -0.05) is 31.4 Å². The molecule has 0 atom stereocenters. The van der Waals surface area contributed by atoms with Crippen molar-refractivity contribution in [3.05, 3.63) is 35.4 Å². The molecule has 1 aromatic rings. The van der Waals surface area contributed by atoms with E-state index in [1.54, 1.807) is 11.8 Å². The number of benzene rings is 1. The van der Waals surface area contributed by atoms with Gasteiger partial charge in [-0.3, -0.25) is 9.69 Å². The van der Waals surface area contributed by atoms with Gasteiger partial charge >= 0.3 is 0 Å². The van der Waals surface area contributed by atoms with E-state index in [0.717, 1.165) is 44.2 Å². The molecule has 1 aliphatic heterocycles. The summed E-state index contributed by atoms with van der Waals surface area (Å²) in [6.45, 7) is 4.34. The highest BCUT2D eigenvalue weighted by Gasteiger charge is 2.38. The van der Waals surface area contributed by atoms with E-state index in [1.165, 1.54) is 37.7 Å². The minimum atomic E-state index is 0.0566. The molecule has 3 rings (SSSR count). The molecule has 0 radical (unpaired) electrons. The second-order valence-electron chi connectivity index (χ2n) is 7.20. The molecule has 138 valence electrons. The zero-order valence-corrected chi connectivity index (χ0v) is 16.1. The summed E-state index contributed by atoms with van der Waals surface area (Å²) < 4.78 is 5.54. The number of amides is 1. The second-order valence-corrected chi connectivity index (χ2v) is 8.07. The van der Waals surface area contributed by atoms with Crippen molar-refractivity contribution < 1.29 is 9.53 Å². The first-order valence-corrected chi connectivity index (χ1v) is 10.8. The first-order chi connectivity index (χ1) is 12.2. The van der Waals surface area contributed by atoms with Crippen molar-refractivity contribution in [2.75, 3.05) is 39.1 Å². The minimum absolute atomic E-state index is 0.0566. The van der Waals surface area contributed by atoms with Gasteiger partial charge in [0.15, 0.2) is 0 Å². The lowest BCUT2D eigenvalue weighted by Crippen LogP contribution is -2.59. The van der Waals surface area contributed by atoms with Crippen LogP contribution in [0.5, 0.6) is 0 Å². The number of morpholine rings is 1. The maximum atomic E-state index is 12.7. The maximum absolute atomic E-state index is 12.7. The standard InChI is InChI=1S/C20H30N2O2S/c1-25-15-17-6-5-7-18(14-17)19(23)21-16-20(8-3-2-4-9-20)22-10-12-24-13-11-22/h5-7,14H,2-4,8-13,15-16H2,1H3,(H,21,23). The summed E-state index contributed by atoms with van der Waals surface area (Å²) in [5.74, 6) is 1.000. The van der Waals surface area contributed by atoms with E-state index >= 15 is 0 Å². The van der Waals surface area contributed by atoms with Gasteiger partial charge in [0.2, 0.25) is 0 Å². The zero-order valence-electron chi connectivity index (χ0n) is 15.3. The Balaban J connectivity index is 1.66. The monoisotopic (exact) mass is 362 g/mol. The van der Waals surface area contributed by atoms with Crippen LogP contribution >= 0.6 is 11.8 Å². The number of hydrogen-bond acceptors (Lipinski definition) is 4. The van der Waals surface area contributed by atoms with Crippen LogP contribution < -0.4 is 5.32 Å². The molecule has 25 heavy (non-hydrogen) atoms. The highest BCUT2D eigenvalue weighted by Crippen LogP contribution is 2.34. The van der Waals surface area contributed by atoms with Crippen LogP contribution in [-0.4, -0.2) is 55.4 Å². The third kappa shape index (κ3) is 4.78. The molecular formula is C20H30N2O2S. The predicted molar refractivity (Wildman–Crippen MR) is 104 cm³/mol. The van der Waals surface area contributed by atoms with Crippen LogP contribution in [0.2, 0.25) is 0 Å². The summed E-state index contributed by atoms with van der Waals surface area (Å²) in [7, 11) is 0. The summed E-state index contributed by atoms with van der Waals surface area (Å²) >= 11 is 1.78. The SMILES string of the molecule is CSCc1cccc(C(=O)NCC2(N3CCOCC3)CCCCC2)c1. The van der Waals surface area contributed by atoms with Crippen LogP contribution in [0.25, 0.3) is 0 Å². The van der Waals surface area contributed by atoms with E-state index < -0.39 is 0 Å². The number of nitrogens with one attached hydrogen (secondary N) is 1. The zero-order chi connectivity index (χ0) is 17.5. The first kappa shape index (κ1) is 18.7. The number of thioether (sulfide) groups is 1. The van der Waals surface area contributed by atoms with Crippen LogP contribution in [0, 0.1) is 0 Å². The Morgan fingerprint density at radius 3 is 2.72 bits per heavy atom. The van der Waals surface area contributed by atoms with Crippen LogP contribution in [0.3, 0.4) is 0 Å². The Morgan fingerprint density at radius 2 is 2.00 bits per heavy atom. The molecule has 1 aromatic carbocycles. The van der Waals surface area contributed by atoms with Crippen molar-refractivity contribution in [1.82, 2.24) is 10.2 Å². The number of ether oxygens (including phenoxy) is 1. The maximum Gasteiger partial charge on any atom is 0.251 e. The number of nitrogens with zero attached hydrogens (tertiary/aromatic N) is 1. The van der Waals surface area contributed by atoms with E-state index in [2.05, 4.69) is 22.5 Å². The number of carbonyl (C=O) groups excluding carboxylic acids is 1. The van der Waals surface area contributed by atoms with Crippen LogP contribution in [-0.2, 0) is 10.5 Å². The Kier molecular flexibility index (Phi) is 6.79. The molecule has 5 heteroatoms. The summed E-state index contributed by atoms with van der Waals surface area (Å²) in [5, 5.41) is 3.25. The topological polar surface area (TPSA) is 41.6 Å². The van der Waals surface area contributed by atoms with Gasteiger partial charge in [-0.2, -0.15) is 11.8 Å². The lowest BCUT2D eigenvalue weighted by molar-refractivity contribution is -0.0361. The normalized spacial score (nSPS) is 21.0. The predicted octanol–water partition coefficient (Wildman–Crippen LogP) is 3.31. The van der Waals surface area contributed by atoms with E-state index in [0.29, 0.717) is 0 Å². The molecule has 2 fully saturated rings. The lowest BCUT2D eigenvalue weighted by atomic mass is 9.79. The number of rotatable bonds is 6. The summed E-state index contributed by atoms with van der Waals surface area (Å²) in [5.41, 5.74) is 2.11. The van der Waals surface area contributed by atoms with Gasteiger partial charge < -0.3 is 10.1 Å². The third-order valence-electron chi connectivity index (χ3n) is 5.54. The van der Waals surface area contributed by atoms with Gasteiger partial charge in [0.05, 0.1) is 13.2 Å². The van der Waals surface area contributed by atoms with Crippen molar-refractivity contribution in [3.8, 4) is 0 Å². The molecule has 1 saturated carbocycles. The fourth-order valence-electron chi connectivity index (χ4n) is 4.17. The lowest BCUT2D eigenvalue weighted by Gasteiger charge is -2.48.